The van der Waals surface area contributed by atoms with Gasteiger partial charge in [0, 0.05) is 6.54 Å². The standard InChI is InChI=1S/C8H15NO4/c1-4-9(6(3)7(10)11)8(12)13-5-2/h6H,4-5H2,1-3H3,(H,10,11). The van der Waals surface area contributed by atoms with Crippen LogP contribution in [0.25, 0.3) is 0 Å². The van der Waals surface area contributed by atoms with E-state index in [1.54, 1.807) is 13.8 Å². The zero-order valence-electron chi connectivity index (χ0n) is 8.11. The number of likely N-dealkylation sites (N-methyl/N-ethyl adjacent to an activating group) is 1. The molecule has 0 radical (unpaired) electrons. The Morgan fingerprint density at radius 3 is 2.31 bits per heavy atom. The first-order valence-electron chi connectivity index (χ1n) is 4.20. The van der Waals surface area contributed by atoms with E-state index in [1.165, 1.54) is 6.92 Å². The highest BCUT2D eigenvalue weighted by atomic mass is 16.6. The van der Waals surface area contributed by atoms with Crippen molar-refractivity contribution in [3.8, 4) is 0 Å². The quantitative estimate of drug-likeness (QED) is 0.714. The fourth-order valence-electron chi connectivity index (χ4n) is 0.901. The number of carbonyl (C=O) groups excluding carboxylic acids is 1. The van der Waals surface area contributed by atoms with Crippen LogP contribution in [0.2, 0.25) is 0 Å². The van der Waals surface area contributed by atoms with Gasteiger partial charge >= 0.3 is 12.1 Å². The van der Waals surface area contributed by atoms with Gasteiger partial charge in [0.25, 0.3) is 0 Å². The van der Waals surface area contributed by atoms with E-state index in [4.69, 9.17) is 5.11 Å². The Morgan fingerprint density at radius 2 is 2.00 bits per heavy atom. The molecule has 0 spiro atoms. The summed E-state index contributed by atoms with van der Waals surface area (Å²) in [5.74, 6) is -1.03. The Morgan fingerprint density at radius 1 is 1.46 bits per heavy atom. The molecule has 0 saturated carbocycles. The van der Waals surface area contributed by atoms with E-state index in [9.17, 15) is 9.59 Å². The number of aliphatic carboxylic acids is 1. The minimum absolute atomic E-state index is 0.252. The van der Waals surface area contributed by atoms with Crippen LogP contribution in [0.1, 0.15) is 20.8 Å². The SMILES string of the molecule is CCOC(=O)N(CC)C(C)C(=O)O. The minimum atomic E-state index is -1.03. The van der Waals surface area contributed by atoms with Crippen LogP contribution in [-0.2, 0) is 9.53 Å². The lowest BCUT2D eigenvalue weighted by atomic mass is 10.3. The van der Waals surface area contributed by atoms with Crippen molar-refractivity contribution < 1.29 is 19.4 Å². The molecular formula is C8H15NO4. The van der Waals surface area contributed by atoms with E-state index in [2.05, 4.69) is 4.74 Å². The predicted octanol–water partition coefficient (Wildman–Crippen LogP) is 0.938. The molecule has 0 aromatic rings. The maximum atomic E-state index is 11.2. The third-order valence-electron chi connectivity index (χ3n) is 1.67. The van der Waals surface area contributed by atoms with E-state index >= 15 is 0 Å². The largest absolute Gasteiger partial charge is 0.480 e. The molecule has 1 unspecified atom stereocenters. The number of carboxylic acid groups (broad SMARTS) is 1. The fourth-order valence-corrected chi connectivity index (χ4v) is 0.901. The first-order chi connectivity index (χ1) is 6.04. The van der Waals surface area contributed by atoms with Crippen molar-refractivity contribution in [3.05, 3.63) is 0 Å². The fraction of sp³-hybridized carbons (Fsp3) is 0.750. The van der Waals surface area contributed by atoms with Gasteiger partial charge in [0.1, 0.15) is 6.04 Å². The number of hydrogen-bond donors (Lipinski definition) is 1. The third-order valence-corrected chi connectivity index (χ3v) is 1.67. The minimum Gasteiger partial charge on any atom is -0.480 e. The van der Waals surface area contributed by atoms with Crippen LogP contribution in [-0.4, -0.2) is 41.3 Å². The van der Waals surface area contributed by atoms with Gasteiger partial charge in [0.15, 0.2) is 0 Å². The Balaban J connectivity index is 4.31. The molecule has 0 heterocycles. The lowest BCUT2D eigenvalue weighted by Gasteiger charge is -2.23. The number of rotatable bonds is 4. The molecule has 0 aliphatic carbocycles. The predicted molar refractivity (Wildman–Crippen MR) is 46.5 cm³/mol. The number of amides is 1. The number of hydrogen-bond acceptors (Lipinski definition) is 3. The van der Waals surface area contributed by atoms with Crippen molar-refractivity contribution in [2.45, 2.75) is 26.8 Å². The Hall–Kier alpha value is -1.26. The molecular weight excluding hydrogens is 174 g/mol. The van der Waals surface area contributed by atoms with Crippen LogP contribution in [0.5, 0.6) is 0 Å². The van der Waals surface area contributed by atoms with E-state index in [0.29, 0.717) is 6.54 Å². The van der Waals surface area contributed by atoms with Gasteiger partial charge in [-0.1, -0.05) is 0 Å². The molecule has 0 bridgehead atoms. The van der Waals surface area contributed by atoms with E-state index in [1.807, 2.05) is 0 Å². The van der Waals surface area contributed by atoms with Crippen molar-refractivity contribution >= 4 is 12.1 Å². The summed E-state index contributed by atoms with van der Waals surface area (Å²) in [7, 11) is 0. The second kappa shape index (κ2) is 5.40. The number of carbonyl (C=O) groups is 2. The van der Waals surface area contributed by atoms with Crippen molar-refractivity contribution in [2.75, 3.05) is 13.2 Å². The molecule has 76 valence electrons. The van der Waals surface area contributed by atoms with Crippen LogP contribution < -0.4 is 0 Å². The molecule has 1 amide bonds. The molecule has 0 aromatic carbocycles. The average molecular weight is 189 g/mol. The van der Waals surface area contributed by atoms with Gasteiger partial charge in [-0.2, -0.15) is 0 Å². The first-order valence-corrected chi connectivity index (χ1v) is 4.20. The van der Waals surface area contributed by atoms with Crippen molar-refractivity contribution in [2.24, 2.45) is 0 Å². The summed E-state index contributed by atoms with van der Waals surface area (Å²) in [4.78, 5) is 22.9. The van der Waals surface area contributed by atoms with Gasteiger partial charge < -0.3 is 9.84 Å². The van der Waals surface area contributed by atoms with Gasteiger partial charge in [-0.3, -0.25) is 4.90 Å². The van der Waals surface area contributed by atoms with Crippen molar-refractivity contribution in [1.29, 1.82) is 0 Å². The zero-order valence-corrected chi connectivity index (χ0v) is 8.11. The summed E-state index contributed by atoms with van der Waals surface area (Å²) in [6.07, 6.45) is -0.583. The lowest BCUT2D eigenvalue weighted by Crippen LogP contribution is -2.43. The first kappa shape index (κ1) is 11.7. The summed E-state index contributed by atoms with van der Waals surface area (Å²) < 4.78 is 4.69. The summed E-state index contributed by atoms with van der Waals surface area (Å²) in [6, 6.07) is -0.843. The number of carboxylic acids is 1. The topological polar surface area (TPSA) is 66.8 Å². The molecule has 0 aliphatic rings. The molecule has 0 saturated heterocycles. The molecule has 0 fully saturated rings. The third kappa shape index (κ3) is 3.31. The summed E-state index contributed by atoms with van der Waals surface area (Å²) in [5, 5.41) is 8.65. The molecule has 0 rings (SSSR count). The highest BCUT2D eigenvalue weighted by Crippen LogP contribution is 2.01. The van der Waals surface area contributed by atoms with Crippen LogP contribution >= 0.6 is 0 Å². The van der Waals surface area contributed by atoms with Crippen LogP contribution in [0.4, 0.5) is 4.79 Å². The maximum absolute atomic E-state index is 11.2. The van der Waals surface area contributed by atoms with Crippen LogP contribution in [0, 0.1) is 0 Å². The van der Waals surface area contributed by atoms with Gasteiger partial charge in [-0.15, -0.1) is 0 Å². The second-order valence-electron chi connectivity index (χ2n) is 2.50. The van der Waals surface area contributed by atoms with E-state index in [0.717, 1.165) is 4.90 Å². The van der Waals surface area contributed by atoms with E-state index in [-0.39, 0.29) is 6.61 Å². The Labute approximate surface area is 77.3 Å². The van der Waals surface area contributed by atoms with Gasteiger partial charge in [-0.25, -0.2) is 9.59 Å². The van der Waals surface area contributed by atoms with E-state index < -0.39 is 18.1 Å². The van der Waals surface area contributed by atoms with Gasteiger partial charge in [-0.05, 0) is 20.8 Å². The molecule has 0 aromatic heterocycles. The highest BCUT2D eigenvalue weighted by Gasteiger charge is 2.24. The van der Waals surface area contributed by atoms with Gasteiger partial charge in [0.05, 0.1) is 6.61 Å². The molecule has 1 N–H and O–H groups in total. The van der Waals surface area contributed by atoms with Gasteiger partial charge in [0.2, 0.25) is 0 Å². The molecule has 13 heavy (non-hydrogen) atoms. The molecule has 0 aliphatic heterocycles. The summed E-state index contributed by atoms with van der Waals surface area (Å²) in [6.45, 7) is 5.41. The summed E-state index contributed by atoms with van der Waals surface area (Å²) >= 11 is 0. The number of ether oxygens (including phenoxy) is 1. The average Bonchev–Trinajstić information content (AvgIpc) is 2.05. The smallest absolute Gasteiger partial charge is 0.410 e. The number of nitrogens with zero attached hydrogens (tertiary/aromatic N) is 1. The second-order valence-corrected chi connectivity index (χ2v) is 2.50. The lowest BCUT2D eigenvalue weighted by molar-refractivity contribution is -0.142. The molecule has 5 heteroatoms. The highest BCUT2D eigenvalue weighted by molar-refractivity contribution is 5.79. The van der Waals surface area contributed by atoms with Crippen LogP contribution in [0.15, 0.2) is 0 Å². The normalized spacial score (nSPS) is 11.9. The zero-order chi connectivity index (χ0) is 10.4. The van der Waals surface area contributed by atoms with Crippen molar-refractivity contribution in [1.82, 2.24) is 4.90 Å². The maximum Gasteiger partial charge on any atom is 0.410 e. The Bertz CT molecular complexity index is 193. The van der Waals surface area contributed by atoms with Crippen LogP contribution in [0.3, 0.4) is 0 Å². The molecule has 1 atom stereocenters. The Kier molecular flexibility index (Phi) is 4.87. The van der Waals surface area contributed by atoms with Crippen molar-refractivity contribution in [3.63, 3.8) is 0 Å². The molecule has 5 nitrogen and oxygen atoms in total. The monoisotopic (exact) mass is 189 g/mol. The summed E-state index contributed by atoms with van der Waals surface area (Å²) in [5.41, 5.74) is 0.